The maximum absolute atomic E-state index is 12.0. The summed E-state index contributed by atoms with van der Waals surface area (Å²) >= 11 is 6.32. The number of aromatic amines is 1. The molecular weight excluding hydrogens is 394 g/mol. The highest BCUT2D eigenvalue weighted by Crippen LogP contribution is 2.38. The van der Waals surface area contributed by atoms with E-state index in [9.17, 15) is 4.79 Å². The number of nitrogens with zero attached hydrogens (tertiary/aromatic N) is 2. The number of H-pyrrole nitrogens is 1. The summed E-state index contributed by atoms with van der Waals surface area (Å²) in [7, 11) is 0. The Morgan fingerprint density at radius 3 is 2.87 bits per heavy atom. The summed E-state index contributed by atoms with van der Waals surface area (Å²) in [5, 5.41) is 1.97. The zero-order valence-corrected chi connectivity index (χ0v) is 18.0. The Bertz CT molecular complexity index is 1130. The molecule has 0 saturated carbocycles. The molecular formula is C25H26ClN3O. The molecule has 1 unspecified atom stereocenters. The lowest BCUT2D eigenvalue weighted by molar-refractivity contribution is -0.116. The minimum absolute atomic E-state index is 0.134. The van der Waals surface area contributed by atoms with Crippen molar-refractivity contribution in [3.05, 3.63) is 70.9 Å². The van der Waals surface area contributed by atoms with Crippen molar-refractivity contribution >= 4 is 39.7 Å². The van der Waals surface area contributed by atoms with Crippen molar-refractivity contribution in [1.29, 1.82) is 0 Å². The molecule has 0 bridgehead atoms. The smallest absolute Gasteiger partial charge is 0.223 e. The lowest BCUT2D eigenvalue weighted by Crippen LogP contribution is -2.31. The van der Waals surface area contributed by atoms with E-state index in [1.165, 1.54) is 22.1 Å². The summed E-state index contributed by atoms with van der Waals surface area (Å²) < 4.78 is 0. The number of anilines is 1. The molecule has 3 heterocycles. The first-order valence-corrected chi connectivity index (χ1v) is 11.0. The number of halogens is 1. The van der Waals surface area contributed by atoms with Crippen molar-refractivity contribution in [1.82, 2.24) is 9.88 Å². The number of hydrogen-bond donors (Lipinski definition) is 1. The van der Waals surface area contributed by atoms with Gasteiger partial charge in [-0.3, -0.25) is 9.69 Å². The second kappa shape index (κ2) is 7.93. The van der Waals surface area contributed by atoms with Crippen LogP contribution in [0.4, 0.5) is 5.69 Å². The number of para-hydroxylation sites is 2. The minimum atomic E-state index is 0.134. The standard InChI is InChI=1S/C25H26ClN3O/c1-17(30)29-16-19(20-5-2-3-8-24(20)29)11-14-28-12-9-18(10-13-28)22-15-27-25-21(22)6-4-7-23(25)26/h2-9,15,19,27H,10-14,16H2,1H3. The van der Waals surface area contributed by atoms with Gasteiger partial charge < -0.3 is 9.88 Å². The third kappa shape index (κ3) is 3.44. The molecule has 3 aromatic rings. The van der Waals surface area contributed by atoms with Crippen LogP contribution in [0.2, 0.25) is 5.02 Å². The summed E-state index contributed by atoms with van der Waals surface area (Å²) in [5.74, 6) is 0.556. The molecule has 2 aliphatic rings. The number of rotatable bonds is 4. The van der Waals surface area contributed by atoms with Gasteiger partial charge in [0.15, 0.2) is 0 Å². The van der Waals surface area contributed by atoms with Crippen molar-refractivity contribution in [2.24, 2.45) is 0 Å². The van der Waals surface area contributed by atoms with Crippen LogP contribution in [-0.2, 0) is 4.79 Å². The van der Waals surface area contributed by atoms with Crippen LogP contribution >= 0.6 is 11.6 Å². The highest BCUT2D eigenvalue weighted by molar-refractivity contribution is 6.35. The summed E-state index contributed by atoms with van der Waals surface area (Å²) in [6, 6.07) is 14.4. The van der Waals surface area contributed by atoms with Gasteiger partial charge in [-0.05, 0) is 42.7 Å². The lowest BCUT2D eigenvalue weighted by Gasteiger charge is -2.27. The van der Waals surface area contributed by atoms with Gasteiger partial charge in [0, 0.05) is 55.3 Å². The summed E-state index contributed by atoms with van der Waals surface area (Å²) in [6.45, 7) is 5.54. The molecule has 1 aromatic heterocycles. The molecule has 1 amide bonds. The first kappa shape index (κ1) is 19.4. The fourth-order valence-electron chi connectivity index (χ4n) is 4.92. The third-order valence-corrected chi connectivity index (χ3v) is 6.86. The number of carbonyl (C=O) groups is 1. The van der Waals surface area contributed by atoms with Crippen molar-refractivity contribution in [2.75, 3.05) is 31.1 Å². The predicted octanol–water partition coefficient (Wildman–Crippen LogP) is 5.45. The molecule has 2 aromatic carbocycles. The largest absolute Gasteiger partial charge is 0.359 e. The fourth-order valence-corrected chi connectivity index (χ4v) is 5.15. The van der Waals surface area contributed by atoms with Crippen LogP contribution < -0.4 is 4.90 Å². The van der Waals surface area contributed by atoms with Crippen LogP contribution in [-0.4, -0.2) is 42.0 Å². The maximum atomic E-state index is 12.0. The molecule has 0 fully saturated rings. The molecule has 0 saturated heterocycles. The Balaban J connectivity index is 1.25. The molecule has 5 heteroatoms. The Morgan fingerprint density at radius 1 is 1.20 bits per heavy atom. The SMILES string of the molecule is CC(=O)N1CC(CCN2CC=C(c3c[nH]c4c(Cl)cccc34)CC2)c2ccccc21. The van der Waals surface area contributed by atoms with Crippen LogP contribution in [0.3, 0.4) is 0 Å². The molecule has 0 radical (unpaired) electrons. The number of nitrogens with one attached hydrogen (secondary N) is 1. The summed E-state index contributed by atoms with van der Waals surface area (Å²) in [6.07, 6.45) is 6.56. The zero-order chi connectivity index (χ0) is 20.7. The van der Waals surface area contributed by atoms with Crippen molar-refractivity contribution in [2.45, 2.75) is 25.7 Å². The van der Waals surface area contributed by atoms with E-state index in [0.29, 0.717) is 5.92 Å². The Hall–Kier alpha value is -2.56. The van der Waals surface area contributed by atoms with Gasteiger partial charge in [-0.25, -0.2) is 0 Å². The third-order valence-electron chi connectivity index (χ3n) is 6.55. The molecule has 4 nitrogen and oxygen atoms in total. The van der Waals surface area contributed by atoms with E-state index in [1.54, 1.807) is 6.92 Å². The van der Waals surface area contributed by atoms with E-state index in [2.05, 4.69) is 46.4 Å². The molecule has 30 heavy (non-hydrogen) atoms. The highest BCUT2D eigenvalue weighted by Gasteiger charge is 2.30. The Labute approximate surface area is 182 Å². The van der Waals surface area contributed by atoms with Gasteiger partial charge >= 0.3 is 0 Å². The number of fused-ring (bicyclic) bond motifs is 2. The quantitative estimate of drug-likeness (QED) is 0.610. The van der Waals surface area contributed by atoms with Crippen molar-refractivity contribution in [3.8, 4) is 0 Å². The molecule has 154 valence electrons. The monoisotopic (exact) mass is 419 g/mol. The van der Waals surface area contributed by atoms with E-state index in [4.69, 9.17) is 11.6 Å². The van der Waals surface area contributed by atoms with Gasteiger partial charge in [0.05, 0.1) is 10.5 Å². The van der Waals surface area contributed by atoms with E-state index >= 15 is 0 Å². The maximum Gasteiger partial charge on any atom is 0.223 e. The molecule has 2 aliphatic heterocycles. The Morgan fingerprint density at radius 2 is 2.07 bits per heavy atom. The first-order valence-electron chi connectivity index (χ1n) is 10.7. The van der Waals surface area contributed by atoms with Gasteiger partial charge in [-0.2, -0.15) is 0 Å². The van der Waals surface area contributed by atoms with E-state index in [1.807, 2.05) is 23.1 Å². The van der Waals surface area contributed by atoms with Crippen LogP contribution in [0.15, 0.2) is 54.7 Å². The van der Waals surface area contributed by atoms with E-state index in [0.717, 1.165) is 55.2 Å². The highest BCUT2D eigenvalue weighted by atomic mass is 35.5. The second-order valence-corrected chi connectivity index (χ2v) is 8.73. The average molecular weight is 420 g/mol. The van der Waals surface area contributed by atoms with E-state index in [-0.39, 0.29) is 5.91 Å². The normalized spacial score (nSPS) is 19.2. The number of hydrogen-bond acceptors (Lipinski definition) is 2. The number of carbonyl (C=O) groups excluding carboxylic acids is 1. The van der Waals surface area contributed by atoms with Gasteiger partial charge in [0.25, 0.3) is 0 Å². The average Bonchev–Trinajstić information content (AvgIpc) is 3.36. The minimum Gasteiger partial charge on any atom is -0.359 e. The first-order chi connectivity index (χ1) is 14.6. The van der Waals surface area contributed by atoms with Crippen LogP contribution in [0, 0.1) is 0 Å². The molecule has 1 atom stereocenters. The van der Waals surface area contributed by atoms with Gasteiger partial charge in [0.2, 0.25) is 5.91 Å². The molecule has 1 N–H and O–H groups in total. The van der Waals surface area contributed by atoms with E-state index < -0.39 is 0 Å². The topological polar surface area (TPSA) is 39.3 Å². The number of amides is 1. The number of benzene rings is 2. The second-order valence-electron chi connectivity index (χ2n) is 8.32. The van der Waals surface area contributed by atoms with Crippen LogP contribution in [0.5, 0.6) is 0 Å². The zero-order valence-electron chi connectivity index (χ0n) is 17.2. The van der Waals surface area contributed by atoms with Crippen molar-refractivity contribution in [3.63, 3.8) is 0 Å². The predicted molar refractivity (Wildman–Crippen MR) is 124 cm³/mol. The lowest BCUT2D eigenvalue weighted by atomic mass is 9.96. The number of aromatic nitrogens is 1. The van der Waals surface area contributed by atoms with Crippen molar-refractivity contribution < 1.29 is 4.79 Å². The summed E-state index contributed by atoms with van der Waals surface area (Å²) in [5.41, 5.74) is 6.10. The molecule has 0 aliphatic carbocycles. The van der Waals surface area contributed by atoms with Crippen LogP contribution in [0.1, 0.15) is 36.8 Å². The van der Waals surface area contributed by atoms with Gasteiger partial charge in [0.1, 0.15) is 0 Å². The van der Waals surface area contributed by atoms with Crippen LogP contribution in [0.25, 0.3) is 16.5 Å². The molecule has 0 spiro atoms. The summed E-state index contributed by atoms with van der Waals surface area (Å²) in [4.78, 5) is 19.8. The van der Waals surface area contributed by atoms with Gasteiger partial charge in [-0.15, -0.1) is 0 Å². The molecule has 5 rings (SSSR count). The fraction of sp³-hybridized carbons (Fsp3) is 0.320. The Kier molecular flexibility index (Phi) is 5.13. The van der Waals surface area contributed by atoms with Gasteiger partial charge in [-0.1, -0.05) is 48.0 Å².